The first kappa shape index (κ1) is 13.4. The van der Waals surface area contributed by atoms with E-state index in [1.807, 2.05) is 0 Å². The molecule has 0 saturated carbocycles. The molecule has 0 fully saturated rings. The molecule has 1 aromatic carbocycles. The van der Waals surface area contributed by atoms with Crippen molar-refractivity contribution in [1.29, 1.82) is 0 Å². The van der Waals surface area contributed by atoms with Crippen LogP contribution in [0.2, 0.25) is 0 Å². The molecule has 2 rings (SSSR count). The molecule has 2 aromatic rings. The number of rotatable bonds is 1. The number of hydrogen-bond donors (Lipinski definition) is 0. The van der Waals surface area contributed by atoms with Crippen molar-refractivity contribution in [2.45, 2.75) is 12.4 Å². The second-order valence-corrected chi connectivity index (χ2v) is 3.54. The number of alkyl halides is 6. The van der Waals surface area contributed by atoms with Crippen molar-refractivity contribution in [3.05, 3.63) is 41.8 Å². The van der Waals surface area contributed by atoms with Gasteiger partial charge >= 0.3 is 12.4 Å². The molecule has 0 aliphatic rings. The minimum atomic E-state index is -4.95. The van der Waals surface area contributed by atoms with Crippen molar-refractivity contribution in [1.82, 2.24) is 4.98 Å². The number of halogens is 6. The number of nitrogens with zero attached hydrogens (tertiary/aromatic N) is 1. The molecule has 0 aliphatic heterocycles. The minimum Gasteiger partial charge on any atom is -0.444 e. The zero-order chi connectivity index (χ0) is 14.3. The molecule has 0 spiro atoms. The summed E-state index contributed by atoms with van der Waals surface area (Å²) in [5.74, 6) is -0.443. The number of oxazole rings is 1. The summed E-state index contributed by atoms with van der Waals surface area (Å²) in [7, 11) is 0. The quantitative estimate of drug-likeness (QED) is 0.732. The lowest BCUT2D eigenvalue weighted by molar-refractivity contribution is -0.142. The molecule has 1 radical (unpaired) electrons. The number of aromatic nitrogens is 1. The summed E-state index contributed by atoms with van der Waals surface area (Å²) in [6, 6.07) is 1.24. The van der Waals surface area contributed by atoms with Gasteiger partial charge in [0.25, 0.3) is 0 Å². The fourth-order valence-electron chi connectivity index (χ4n) is 1.46. The van der Waals surface area contributed by atoms with E-state index in [1.54, 1.807) is 0 Å². The fourth-order valence-corrected chi connectivity index (χ4v) is 1.46. The number of benzene rings is 1. The van der Waals surface area contributed by atoms with E-state index >= 15 is 0 Å². The molecule has 19 heavy (non-hydrogen) atoms. The van der Waals surface area contributed by atoms with Crippen molar-refractivity contribution < 1.29 is 30.8 Å². The van der Waals surface area contributed by atoms with Crippen LogP contribution in [0.3, 0.4) is 0 Å². The van der Waals surface area contributed by atoms with Crippen molar-refractivity contribution in [3.63, 3.8) is 0 Å². The average Bonchev–Trinajstić information content (AvgIpc) is 2.79. The summed E-state index contributed by atoms with van der Waals surface area (Å²) in [5.41, 5.74) is -3.42. The Labute approximate surface area is 102 Å². The van der Waals surface area contributed by atoms with Crippen molar-refractivity contribution in [2.75, 3.05) is 0 Å². The maximum absolute atomic E-state index is 12.8. The van der Waals surface area contributed by atoms with Gasteiger partial charge in [-0.2, -0.15) is 26.3 Å². The Kier molecular flexibility index (Phi) is 3.03. The lowest BCUT2D eigenvalue weighted by Gasteiger charge is -2.14. The van der Waals surface area contributed by atoms with Crippen LogP contribution in [-0.4, -0.2) is 4.98 Å². The monoisotopic (exact) mass is 280 g/mol. The van der Waals surface area contributed by atoms with Crippen LogP contribution in [0.1, 0.15) is 11.1 Å². The van der Waals surface area contributed by atoms with Gasteiger partial charge in [0.2, 0.25) is 5.89 Å². The third kappa shape index (κ3) is 2.72. The molecule has 0 unspecified atom stereocenters. The molecule has 0 saturated heterocycles. The van der Waals surface area contributed by atoms with Gasteiger partial charge in [-0.25, -0.2) is 4.98 Å². The second-order valence-electron chi connectivity index (χ2n) is 3.54. The molecule has 8 heteroatoms. The predicted octanol–water partition coefficient (Wildman–Crippen LogP) is 4.18. The molecule has 1 aromatic heterocycles. The molecule has 2 nitrogen and oxygen atoms in total. The van der Waals surface area contributed by atoms with Gasteiger partial charge in [0.15, 0.2) is 0 Å². The first-order chi connectivity index (χ1) is 8.69. The summed E-state index contributed by atoms with van der Waals surface area (Å²) < 4.78 is 80.2. The smallest absolute Gasteiger partial charge is 0.417 e. The summed E-state index contributed by atoms with van der Waals surface area (Å²) in [4.78, 5) is 3.38. The number of hydrogen-bond acceptors (Lipinski definition) is 2. The van der Waals surface area contributed by atoms with Gasteiger partial charge in [-0.15, -0.1) is 0 Å². The minimum absolute atomic E-state index is 0.0273. The zero-order valence-corrected chi connectivity index (χ0v) is 8.93. The van der Waals surface area contributed by atoms with E-state index in [0.29, 0.717) is 12.1 Å². The van der Waals surface area contributed by atoms with Gasteiger partial charge in [-0.05, 0) is 18.2 Å². The highest BCUT2D eigenvalue weighted by molar-refractivity contribution is 5.60. The highest BCUT2D eigenvalue weighted by Gasteiger charge is 2.39. The molecular weight excluding hydrogens is 276 g/mol. The molecule has 0 aliphatic carbocycles. The normalized spacial score (nSPS) is 12.7. The lowest BCUT2D eigenvalue weighted by atomic mass is 10.0. The predicted molar refractivity (Wildman–Crippen MR) is 50.8 cm³/mol. The Hall–Kier alpha value is -1.99. The maximum atomic E-state index is 12.8. The Balaban J connectivity index is 2.63. The molecule has 101 valence electrons. The van der Waals surface area contributed by atoms with Crippen molar-refractivity contribution >= 4 is 0 Å². The van der Waals surface area contributed by atoms with Crippen LogP contribution in [0, 0.1) is 6.20 Å². The van der Waals surface area contributed by atoms with Crippen LogP contribution in [-0.2, 0) is 12.4 Å². The van der Waals surface area contributed by atoms with Crippen LogP contribution < -0.4 is 0 Å². The van der Waals surface area contributed by atoms with Crippen LogP contribution >= 0.6 is 0 Å². The van der Waals surface area contributed by atoms with E-state index in [2.05, 4.69) is 15.6 Å². The first-order valence-electron chi connectivity index (χ1n) is 4.80. The van der Waals surface area contributed by atoms with Gasteiger partial charge in [0.1, 0.15) is 12.5 Å². The van der Waals surface area contributed by atoms with E-state index in [9.17, 15) is 26.3 Å². The molecule has 0 atom stereocenters. The first-order valence-corrected chi connectivity index (χ1v) is 4.80. The summed E-state index contributed by atoms with van der Waals surface area (Å²) in [5, 5.41) is 0. The Bertz CT molecular complexity index is 570. The highest BCUT2D eigenvalue weighted by Crippen LogP contribution is 2.40. The van der Waals surface area contributed by atoms with Crippen LogP contribution in [0.4, 0.5) is 26.3 Å². The van der Waals surface area contributed by atoms with Crippen LogP contribution in [0.5, 0.6) is 0 Å². The van der Waals surface area contributed by atoms with Gasteiger partial charge in [0, 0.05) is 5.56 Å². The van der Waals surface area contributed by atoms with E-state index in [-0.39, 0.29) is 6.07 Å². The second kappa shape index (κ2) is 4.29. The largest absolute Gasteiger partial charge is 0.444 e. The van der Waals surface area contributed by atoms with Crippen molar-refractivity contribution in [2.24, 2.45) is 0 Å². The van der Waals surface area contributed by atoms with Crippen LogP contribution in [0.25, 0.3) is 11.5 Å². The van der Waals surface area contributed by atoms with E-state index in [0.717, 1.165) is 6.26 Å². The summed E-state index contributed by atoms with van der Waals surface area (Å²) >= 11 is 0. The zero-order valence-electron chi connectivity index (χ0n) is 8.93. The van der Waals surface area contributed by atoms with Gasteiger partial charge in [0.05, 0.1) is 11.1 Å². The van der Waals surface area contributed by atoms with Gasteiger partial charge in [-0.1, -0.05) is 0 Å². The van der Waals surface area contributed by atoms with Gasteiger partial charge < -0.3 is 4.42 Å². The van der Waals surface area contributed by atoms with Crippen LogP contribution in [0.15, 0.2) is 28.9 Å². The van der Waals surface area contributed by atoms with E-state index in [1.165, 1.54) is 0 Å². The van der Waals surface area contributed by atoms with E-state index < -0.39 is 34.9 Å². The molecule has 0 amide bonds. The third-order valence-corrected chi connectivity index (χ3v) is 2.27. The third-order valence-electron chi connectivity index (χ3n) is 2.27. The summed E-state index contributed by atoms with van der Waals surface area (Å²) in [6.45, 7) is 0. The SMILES string of the molecule is FC(F)(F)c1ccc(-c2n[c]co2)c(C(F)(F)F)c1. The summed E-state index contributed by atoms with van der Waals surface area (Å²) in [6.07, 6.45) is -6.76. The average molecular weight is 280 g/mol. The lowest BCUT2D eigenvalue weighted by Crippen LogP contribution is -2.12. The molecular formula is C11H4F6NO. The fraction of sp³-hybridized carbons (Fsp3) is 0.182. The van der Waals surface area contributed by atoms with Gasteiger partial charge in [-0.3, -0.25) is 0 Å². The molecule has 1 heterocycles. The standard InChI is InChI=1S/C11H4F6NO/c12-10(13,14)6-1-2-7(9-18-3-4-19-9)8(5-6)11(15,16)17/h1-2,4-5H. The topological polar surface area (TPSA) is 26.0 Å². The molecule has 0 N–H and O–H groups in total. The Morgan fingerprint density at radius 3 is 2.16 bits per heavy atom. The van der Waals surface area contributed by atoms with Crippen molar-refractivity contribution in [3.8, 4) is 11.5 Å². The van der Waals surface area contributed by atoms with E-state index in [4.69, 9.17) is 0 Å². The molecule has 0 bridgehead atoms. The highest BCUT2D eigenvalue weighted by atomic mass is 19.4. The Morgan fingerprint density at radius 2 is 1.68 bits per heavy atom. The maximum Gasteiger partial charge on any atom is 0.417 e. The Morgan fingerprint density at radius 1 is 1.00 bits per heavy atom.